The summed E-state index contributed by atoms with van der Waals surface area (Å²) in [5.41, 5.74) is 0. The van der Waals surface area contributed by atoms with Gasteiger partial charge in [-0.3, -0.25) is 0 Å². The molecule has 0 aliphatic heterocycles. The minimum Gasteiger partial charge on any atom is -0.389 e. The number of hydrogen-bond donors (Lipinski definition) is 2. The topological polar surface area (TPSA) is 41.5 Å². The van der Waals surface area contributed by atoms with Crippen molar-refractivity contribution in [1.82, 2.24) is 5.32 Å². The van der Waals surface area contributed by atoms with Crippen LogP contribution in [0.2, 0.25) is 0 Å². The largest absolute Gasteiger partial charge is 0.389 e. The number of hydrogen-bond acceptors (Lipinski definition) is 3. The van der Waals surface area contributed by atoms with E-state index in [1.165, 1.54) is 44.9 Å². The molecule has 5 atom stereocenters. The van der Waals surface area contributed by atoms with Crippen molar-refractivity contribution in [1.29, 1.82) is 0 Å². The van der Waals surface area contributed by atoms with E-state index in [2.05, 4.69) is 12.2 Å². The van der Waals surface area contributed by atoms with E-state index >= 15 is 0 Å². The number of nitrogens with one attached hydrogen (secondary N) is 1. The smallest absolute Gasteiger partial charge is 0.0897 e. The van der Waals surface area contributed by atoms with Crippen LogP contribution in [0.1, 0.15) is 51.9 Å². The highest BCUT2D eigenvalue weighted by Crippen LogP contribution is 2.65. The van der Waals surface area contributed by atoms with Gasteiger partial charge in [0.25, 0.3) is 0 Å². The zero-order chi connectivity index (χ0) is 14.4. The molecule has 0 radical (unpaired) electrons. The molecular weight excluding hydrogens is 262 g/mol. The first-order valence-electron chi connectivity index (χ1n) is 9.25. The van der Waals surface area contributed by atoms with E-state index in [1.54, 1.807) is 0 Å². The Hall–Kier alpha value is -0.120. The third-order valence-corrected chi connectivity index (χ3v) is 6.81. The number of rotatable bonds is 6. The molecule has 2 bridgehead atoms. The van der Waals surface area contributed by atoms with Gasteiger partial charge in [-0.05, 0) is 74.5 Å². The number of aliphatic hydroxyl groups excluding tert-OH is 1. The number of ether oxygens (including phenoxy) is 1. The highest BCUT2D eigenvalue weighted by Gasteiger charge is 2.64. The van der Waals surface area contributed by atoms with Gasteiger partial charge in [0, 0.05) is 12.6 Å². The normalized spacial score (nSPS) is 49.1. The van der Waals surface area contributed by atoms with E-state index in [4.69, 9.17) is 4.74 Å². The predicted molar refractivity (Wildman–Crippen MR) is 83.0 cm³/mol. The third kappa shape index (κ3) is 2.89. The highest BCUT2D eigenvalue weighted by atomic mass is 16.5. The summed E-state index contributed by atoms with van der Waals surface area (Å²) < 4.78 is 5.90. The minimum atomic E-state index is -0.330. The van der Waals surface area contributed by atoms with Crippen LogP contribution < -0.4 is 5.32 Å². The SMILES string of the molecule is CC1CCC(OCC(O)CNC2C3C4CCC(C4)C23)CC1. The molecule has 0 amide bonds. The van der Waals surface area contributed by atoms with Gasteiger partial charge in [0.05, 0.1) is 18.8 Å². The van der Waals surface area contributed by atoms with Crippen LogP contribution in [-0.2, 0) is 4.74 Å². The molecule has 0 heterocycles. The first-order chi connectivity index (χ1) is 10.2. The van der Waals surface area contributed by atoms with Gasteiger partial charge in [0.1, 0.15) is 0 Å². The van der Waals surface area contributed by atoms with Crippen molar-refractivity contribution in [2.24, 2.45) is 29.6 Å². The maximum atomic E-state index is 10.1. The van der Waals surface area contributed by atoms with Crippen molar-refractivity contribution in [3.63, 3.8) is 0 Å². The monoisotopic (exact) mass is 293 g/mol. The molecule has 120 valence electrons. The molecular formula is C18H31NO2. The lowest BCUT2D eigenvalue weighted by atomic mass is 9.89. The van der Waals surface area contributed by atoms with Crippen LogP contribution in [0.25, 0.3) is 0 Å². The first kappa shape index (κ1) is 14.5. The Balaban J connectivity index is 1.12. The molecule has 3 heteroatoms. The average Bonchev–Trinajstić information content (AvgIpc) is 2.87. The average molecular weight is 293 g/mol. The summed E-state index contributed by atoms with van der Waals surface area (Å²) in [7, 11) is 0. The fourth-order valence-electron chi connectivity index (χ4n) is 5.57. The van der Waals surface area contributed by atoms with Gasteiger partial charge in [-0.1, -0.05) is 6.92 Å². The summed E-state index contributed by atoms with van der Waals surface area (Å²) in [6, 6.07) is 0.724. The first-order valence-corrected chi connectivity index (χ1v) is 9.25. The highest BCUT2D eigenvalue weighted by molar-refractivity contribution is 5.16. The van der Waals surface area contributed by atoms with Crippen molar-refractivity contribution in [3.8, 4) is 0 Å². The summed E-state index contributed by atoms with van der Waals surface area (Å²) in [5.74, 6) is 4.79. The summed E-state index contributed by atoms with van der Waals surface area (Å²) in [4.78, 5) is 0. The molecule has 3 nitrogen and oxygen atoms in total. The summed E-state index contributed by atoms with van der Waals surface area (Å²) in [6.07, 6.45) is 9.43. The molecule has 4 saturated carbocycles. The quantitative estimate of drug-likeness (QED) is 0.791. The Kier molecular flexibility index (Phi) is 4.01. The lowest BCUT2D eigenvalue weighted by Gasteiger charge is -2.27. The van der Waals surface area contributed by atoms with Crippen LogP contribution >= 0.6 is 0 Å². The van der Waals surface area contributed by atoms with Crippen molar-refractivity contribution >= 4 is 0 Å². The van der Waals surface area contributed by atoms with E-state index < -0.39 is 0 Å². The van der Waals surface area contributed by atoms with E-state index in [0.29, 0.717) is 12.7 Å². The van der Waals surface area contributed by atoms with Gasteiger partial charge >= 0.3 is 0 Å². The lowest BCUT2D eigenvalue weighted by Crippen LogP contribution is -2.35. The maximum Gasteiger partial charge on any atom is 0.0897 e. The second-order valence-electron chi connectivity index (χ2n) is 8.29. The molecule has 0 aromatic carbocycles. The zero-order valence-electron chi connectivity index (χ0n) is 13.3. The van der Waals surface area contributed by atoms with Crippen LogP contribution in [0.5, 0.6) is 0 Å². The summed E-state index contributed by atoms with van der Waals surface area (Å²) >= 11 is 0. The molecule has 5 unspecified atom stereocenters. The van der Waals surface area contributed by atoms with Crippen LogP contribution in [0.4, 0.5) is 0 Å². The third-order valence-electron chi connectivity index (χ3n) is 6.81. The standard InChI is InChI=1S/C18H31NO2/c1-11-2-6-15(7-3-11)21-10-14(20)9-19-18-16-12-4-5-13(8-12)17(16)18/h11-20H,2-10H2,1H3. The van der Waals surface area contributed by atoms with Gasteiger partial charge in [-0.2, -0.15) is 0 Å². The molecule has 4 fully saturated rings. The van der Waals surface area contributed by atoms with Crippen molar-refractivity contribution in [2.75, 3.05) is 13.2 Å². The Morgan fingerprint density at radius 1 is 1.05 bits per heavy atom. The van der Waals surface area contributed by atoms with Crippen molar-refractivity contribution < 1.29 is 9.84 Å². The summed E-state index contributed by atoms with van der Waals surface area (Å²) in [5, 5.41) is 13.8. The van der Waals surface area contributed by atoms with Crippen LogP contribution in [0.3, 0.4) is 0 Å². The Labute approximate surface area is 128 Å². The van der Waals surface area contributed by atoms with Gasteiger partial charge in [-0.25, -0.2) is 0 Å². The fourth-order valence-corrected chi connectivity index (χ4v) is 5.57. The predicted octanol–water partition coefficient (Wildman–Crippen LogP) is 2.58. The molecule has 0 spiro atoms. The van der Waals surface area contributed by atoms with Crippen molar-refractivity contribution in [3.05, 3.63) is 0 Å². The Morgan fingerprint density at radius 2 is 1.71 bits per heavy atom. The van der Waals surface area contributed by atoms with Crippen LogP contribution in [0.15, 0.2) is 0 Å². The van der Waals surface area contributed by atoms with E-state index in [9.17, 15) is 5.11 Å². The molecule has 2 N–H and O–H groups in total. The van der Waals surface area contributed by atoms with Gasteiger partial charge in [0.2, 0.25) is 0 Å². The van der Waals surface area contributed by atoms with Crippen LogP contribution in [-0.4, -0.2) is 36.5 Å². The van der Waals surface area contributed by atoms with Gasteiger partial charge in [0.15, 0.2) is 0 Å². The van der Waals surface area contributed by atoms with E-state index in [-0.39, 0.29) is 6.10 Å². The Bertz CT molecular complexity index is 350. The lowest BCUT2D eigenvalue weighted by molar-refractivity contribution is -0.0280. The molecule has 0 aromatic heterocycles. The molecule has 4 aliphatic carbocycles. The molecule has 4 aliphatic rings. The van der Waals surface area contributed by atoms with Gasteiger partial charge < -0.3 is 15.2 Å². The molecule has 4 rings (SSSR count). The van der Waals surface area contributed by atoms with Gasteiger partial charge in [-0.15, -0.1) is 0 Å². The van der Waals surface area contributed by atoms with Crippen molar-refractivity contribution in [2.45, 2.75) is 70.1 Å². The molecule has 21 heavy (non-hydrogen) atoms. The molecule has 0 saturated heterocycles. The second kappa shape index (κ2) is 5.82. The number of fused-ring (bicyclic) bond motifs is 5. The fraction of sp³-hybridized carbons (Fsp3) is 1.00. The Morgan fingerprint density at radius 3 is 2.38 bits per heavy atom. The number of aliphatic hydroxyl groups is 1. The maximum absolute atomic E-state index is 10.1. The molecule has 0 aromatic rings. The minimum absolute atomic E-state index is 0.330. The second-order valence-corrected chi connectivity index (χ2v) is 8.29. The van der Waals surface area contributed by atoms with E-state index in [1.807, 2.05) is 0 Å². The summed E-state index contributed by atoms with van der Waals surface area (Å²) in [6.45, 7) is 3.57. The van der Waals surface area contributed by atoms with Crippen LogP contribution in [0, 0.1) is 29.6 Å². The van der Waals surface area contributed by atoms with E-state index in [0.717, 1.165) is 42.2 Å². The zero-order valence-corrected chi connectivity index (χ0v) is 13.3.